The van der Waals surface area contributed by atoms with Crippen molar-refractivity contribution in [3.05, 3.63) is 57.2 Å². The van der Waals surface area contributed by atoms with Gasteiger partial charge in [-0.05, 0) is 36.1 Å². The van der Waals surface area contributed by atoms with Gasteiger partial charge in [-0.1, -0.05) is 12.1 Å². The predicted octanol–water partition coefficient (Wildman–Crippen LogP) is 4.50. The number of carbonyl (C=O) groups excluding carboxylic acids is 1. The van der Waals surface area contributed by atoms with Crippen LogP contribution in [0.3, 0.4) is 0 Å². The van der Waals surface area contributed by atoms with Crippen LogP contribution in [0.5, 0.6) is 0 Å². The predicted molar refractivity (Wildman–Crippen MR) is 93.9 cm³/mol. The van der Waals surface area contributed by atoms with E-state index in [-0.39, 0.29) is 5.91 Å². The Kier molecular flexibility index (Phi) is 4.51. The number of nitriles is 1. The molecule has 0 aliphatic carbocycles. The van der Waals surface area contributed by atoms with Crippen LogP contribution in [0.4, 0.5) is 5.69 Å². The summed E-state index contributed by atoms with van der Waals surface area (Å²) in [5.41, 5.74) is 3.42. The van der Waals surface area contributed by atoms with Crippen molar-refractivity contribution >= 4 is 34.3 Å². The van der Waals surface area contributed by atoms with Crippen LogP contribution in [0.2, 0.25) is 0 Å². The molecule has 0 aliphatic heterocycles. The molecule has 4 nitrogen and oxygen atoms in total. The Morgan fingerprint density at radius 1 is 1.30 bits per heavy atom. The molecule has 0 radical (unpaired) electrons. The number of amides is 1. The number of nitrogens with zero attached hydrogens (tertiary/aromatic N) is 2. The third-order valence-corrected chi connectivity index (χ3v) is 5.15. The summed E-state index contributed by atoms with van der Waals surface area (Å²) >= 11 is 3.01. The molecule has 0 saturated heterocycles. The van der Waals surface area contributed by atoms with E-state index in [1.54, 1.807) is 23.5 Å². The van der Waals surface area contributed by atoms with Gasteiger partial charge >= 0.3 is 0 Å². The Bertz CT molecular complexity index is 858. The van der Waals surface area contributed by atoms with Crippen molar-refractivity contribution in [1.82, 2.24) is 4.98 Å². The molecule has 0 atom stereocenters. The number of carbonyl (C=O) groups is 1. The van der Waals surface area contributed by atoms with Crippen molar-refractivity contribution in [2.75, 3.05) is 5.32 Å². The summed E-state index contributed by atoms with van der Waals surface area (Å²) < 4.78 is 0. The maximum atomic E-state index is 12.4. The molecular weight excluding hydrogens is 326 g/mol. The zero-order valence-electron chi connectivity index (χ0n) is 12.4. The fraction of sp³-hybridized carbons (Fsp3) is 0.118. The van der Waals surface area contributed by atoms with Gasteiger partial charge in [-0.2, -0.15) is 16.6 Å². The van der Waals surface area contributed by atoms with Crippen LogP contribution in [-0.4, -0.2) is 10.9 Å². The maximum Gasteiger partial charge on any atom is 0.267 e. The van der Waals surface area contributed by atoms with E-state index < -0.39 is 0 Å². The van der Waals surface area contributed by atoms with Crippen molar-refractivity contribution in [3.63, 3.8) is 0 Å². The van der Waals surface area contributed by atoms with E-state index in [0.29, 0.717) is 17.0 Å². The third kappa shape index (κ3) is 3.47. The van der Waals surface area contributed by atoms with Gasteiger partial charge < -0.3 is 5.32 Å². The van der Waals surface area contributed by atoms with E-state index in [0.717, 1.165) is 21.8 Å². The fourth-order valence-corrected chi connectivity index (χ4v) is 3.77. The molecule has 0 unspecified atom stereocenters. The smallest absolute Gasteiger partial charge is 0.267 e. The van der Waals surface area contributed by atoms with Crippen LogP contribution < -0.4 is 5.32 Å². The number of hydrogen-bond acceptors (Lipinski definition) is 5. The SMILES string of the molecule is Cc1nc(-c2ccsc2)sc1C(=O)Nc1ccc(CC#N)cc1. The second kappa shape index (κ2) is 6.73. The molecule has 0 spiro atoms. The van der Waals surface area contributed by atoms with Crippen molar-refractivity contribution < 1.29 is 4.79 Å². The van der Waals surface area contributed by atoms with Gasteiger partial charge in [0, 0.05) is 16.6 Å². The van der Waals surface area contributed by atoms with Crippen LogP contribution in [0.25, 0.3) is 10.6 Å². The van der Waals surface area contributed by atoms with Crippen LogP contribution in [0.15, 0.2) is 41.1 Å². The molecule has 6 heteroatoms. The summed E-state index contributed by atoms with van der Waals surface area (Å²) in [6.45, 7) is 1.84. The van der Waals surface area contributed by atoms with Crippen molar-refractivity contribution in [3.8, 4) is 16.6 Å². The largest absolute Gasteiger partial charge is 0.321 e. The Labute approximate surface area is 142 Å². The average Bonchev–Trinajstić information content (AvgIpc) is 3.18. The summed E-state index contributed by atoms with van der Waals surface area (Å²) in [5, 5.41) is 16.4. The first-order valence-electron chi connectivity index (χ1n) is 6.94. The minimum Gasteiger partial charge on any atom is -0.321 e. The number of thiophene rings is 1. The number of thiazole rings is 1. The number of rotatable bonds is 4. The van der Waals surface area contributed by atoms with E-state index >= 15 is 0 Å². The number of aromatic nitrogens is 1. The standard InChI is InChI=1S/C17H13N3OS2/c1-11-15(23-17(19-11)13-7-9-22-10-13)16(21)20-14-4-2-12(3-5-14)6-8-18/h2-5,7,9-10H,6H2,1H3,(H,20,21). The molecule has 3 rings (SSSR count). The molecule has 1 aromatic carbocycles. The Balaban J connectivity index is 1.77. The van der Waals surface area contributed by atoms with Crippen LogP contribution in [-0.2, 0) is 6.42 Å². The lowest BCUT2D eigenvalue weighted by molar-refractivity contribution is 0.103. The fourth-order valence-electron chi connectivity index (χ4n) is 2.10. The molecule has 23 heavy (non-hydrogen) atoms. The number of benzene rings is 1. The molecule has 2 heterocycles. The minimum absolute atomic E-state index is 0.158. The maximum absolute atomic E-state index is 12.4. The Morgan fingerprint density at radius 2 is 2.09 bits per heavy atom. The lowest BCUT2D eigenvalue weighted by atomic mass is 10.1. The lowest BCUT2D eigenvalue weighted by Crippen LogP contribution is -2.11. The second-order valence-electron chi connectivity index (χ2n) is 4.93. The summed E-state index contributed by atoms with van der Waals surface area (Å²) in [7, 11) is 0. The summed E-state index contributed by atoms with van der Waals surface area (Å²) in [6.07, 6.45) is 0.367. The van der Waals surface area contributed by atoms with Crippen molar-refractivity contribution in [1.29, 1.82) is 5.26 Å². The highest BCUT2D eigenvalue weighted by atomic mass is 32.1. The average molecular weight is 339 g/mol. The van der Waals surface area contributed by atoms with Crippen LogP contribution in [0, 0.1) is 18.3 Å². The molecule has 0 bridgehead atoms. The molecule has 114 valence electrons. The van der Waals surface area contributed by atoms with E-state index in [4.69, 9.17) is 5.26 Å². The van der Waals surface area contributed by atoms with Crippen LogP contribution in [0.1, 0.15) is 20.9 Å². The zero-order chi connectivity index (χ0) is 16.2. The van der Waals surface area contributed by atoms with Gasteiger partial charge in [0.05, 0.1) is 18.2 Å². The number of aryl methyl sites for hydroxylation is 1. The minimum atomic E-state index is -0.158. The van der Waals surface area contributed by atoms with Gasteiger partial charge in [-0.3, -0.25) is 4.79 Å². The first kappa shape index (κ1) is 15.4. The Hall–Kier alpha value is -2.49. The highest BCUT2D eigenvalue weighted by Crippen LogP contribution is 2.29. The van der Waals surface area contributed by atoms with Gasteiger partial charge in [0.15, 0.2) is 0 Å². The summed E-state index contributed by atoms with van der Waals surface area (Å²) in [5.74, 6) is -0.158. The molecule has 0 fully saturated rings. The summed E-state index contributed by atoms with van der Waals surface area (Å²) in [6, 6.07) is 11.4. The molecule has 3 aromatic rings. The van der Waals surface area contributed by atoms with Crippen molar-refractivity contribution in [2.24, 2.45) is 0 Å². The van der Waals surface area contributed by atoms with Gasteiger partial charge in [-0.25, -0.2) is 4.98 Å². The van der Waals surface area contributed by atoms with Gasteiger partial charge in [0.25, 0.3) is 5.91 Å². The second-order valence-corrected chi connectivity index (χ2v) is 6.71. The van der Waals surface area contributed by atoms with Gasteiger partial charge in [0.1, 0.15) is 9.88 Å². The van der Waals surface area contributed by atoms with E-state index in [2.05, 4.69) is 16.4 Å². The number of nitrogens with one attached hydrogen (secondary N) is 1. The van der Waals surface area contributed by atoms with Gasteiger partial charge in [0.2, 0.25) is 0 Å². The van der Waals surface area contributed by atoms with E-state index in [1.165, 1.54) is 11.3 Å². The molecule has 2 aromatic heterocycles. The monoisotopic (exact) mass is 339 g/mol. The number of anilines is 1. The molecule has 1 amide bonds. The van der Waals surface area contributed by atoms with E-state index in [9.17, 15) is 4.79 Å². The van der Waals surface area contributed by atoms with Gasteiger partial charge in [-0.15, -0.1) is 11.3 Å². The third-order valence-electron chi connectivity index (χ3n) is 3.27. The highest BCUT2D eigenvalue weighted by Gasteiger charge is 2.16. The Morgan fingerprint density at radius 3 is 2.74 bits per heavy atom. The molecular formula is C17H13N3OS2. The molecule has 0 aliphatic rings. The first-order valence-corrected chi connectivity index (χ1v) is 8.70. The van der Waals surface area contributed by atoms with Crippen molar-refractivity contribution in [2.45, 2.75) is 13.3 Å². The molecule has 1 N–H and O–H groups in total. The summed E-state index contributed by atoms with van der Waals surface area (Å²) in [4.78, 5) is 17.5. The highest BCUT2D eigenvalue weighted by molar-refractivity contribution is 7.17. The van der Waals surface area contributed by atoms with Crippen LogP contribution >= 0.6 is 22.7 Å². The zero-order valence-corrected chi connectivity index (χ0v) is 14.0. The first-order chi connectivity index (χ1) is 11.2. The topological polar surface area (TPSA) is 65.8 Å². The lowest BCUT2D eigenvalue weighted by Gasteiger charge is -2.04. The number of hydrogen-bond donors (Lipinski definition) is 1. The molecule has 0 saturated carbocycles. The normalized spacial score (nSPS) is 10.3. The quantitative estimate of drug-likeness (QED) is 0.761. The van der Waals surface area contributed by atoms with E-state index in [1.807, 2.05) is 35.9 Å².